The molecule has 0 saturated heterocycles. The molecular formula is C4H4FN3O2. The third kappa shape index (κ3) is 0.831. The third-order valence-corrected chi connectivity index (χ3v) is 0.961. The first-order chi connectivity index (χ1) is 4.63. The number of aromatic nitrogens is 3. The summed E-state index contributed by atoms with van der Waals surface area (Å²) in [6, 6.07) is 0. The van der Waals surface area contributed by atoms with Crippen LogP contribution in [0, 0.1) is 5.95 Å². The Morgan fingerprint density at radius 1 is 1.80 bits per heavy atom. The van der Waals surface area contributed by atoms with Gasteiger partial charge in [-0.3, -0.25) is 0 Å². The van der Waals surface area contributed by atoms with Gasteiger partial charge in [0.25, 0.3) is 0 Å². The second-order valence-electron chi connectivity index (χ2n) is 1.66. The zero-order valence-corrected chi connectivity index (χ0v) is 5.08. The van der Waals surface area contributed by atoms with E-state index >= 15 is 0 Å². The Balaban J connectivity index is 3.17. The van der Waals surface area contributed by atoms with Gasteiger partial charge in [0.15, 0.2) is 0 Å². The third-order valence-electron chi connectivity index (χ3n) is 0.961. The Bertz CT molecular complexity index is 269. The van der Waals surface area contributed by atoms with Crippen LogP contribution in [0.15, 0.2) is 0 Å². The fraction of sp³-hybridized carbons (Fsp3) is 0.250. The summed E-state index contributed by atoms with van der Waals surface area (Å²) in [6.07, 6.45) is 0. The molecule has 54 valence electrons. The van der Waals surface area contributed by atoms with Gasteiger partial charge in [-0.25, -0.2) is 9.48 Å². The number of halogens is 1. The van der Waals surface area contributed by atoms with Gasteiger partial charge in [-0.15, -0.1) is 5.10 Å². The van der Waals surface area contributed by atoms with Crippen molar-refractivity contribution in [1.29, 1.82) is 0 Å². The number of carboxylic acids is 1. The van der Waals surface area contributed by atoms with Crippen LogP contribution in [0.3, 0.4) is 0 Å². The van der Waals surface area contributed by atoms with E-state index in [0.29, 0.717) is 0 Å². The van der Waals surface area contributed by atoms with E-state index in [1.54, 1.807) is 0 Å². The van der Waals surface area contributed by atoms with Crippen LogP contribution in [-0.2, 0) is 7.05 Å². The lowest BCUT2D eigenvalue weighted by molar-refractivity contribution is 0.0684. The fourth-order valence-corrected chi connectivity index (χ4v) is 0.477. The summed E-state index contributed by atoms with van der Waals surface area (Å²) in [6.45, 7) is 0. The first-order valence-electron chi connectivity index (χ1n) is 2.41. The Morgan fingerprint density at radius 3 is 2.60 bits per heavy atom. The topological polar surface area (TPSA) is 68.0 Å². The average Bonchev–Trinajstić information content (AvgIpc) is 2.14. The summed E-state index contributed by atoms with van der Waals surface area (Å²) in [5.41, 5.74) is -0.650. The van der Waals surface area contributed by atoms with Crippen molar-refractivity contribution < 1.29 is 14.3 Å². The molecule has 1 aromatic heterocycles. The lowest BCUT2D eigenvalue weighted by Gasteiger charge is -1.85. The van der Waals surface area contributed by atoms with Gasteiger partial charge in [0, 0.05) is 7.05 Å². The Hall–Kier alpha value is -1.46. The monoisotopic (exact) mass is 145 g/mol. The minimum atomic E-state index is -1.41. The second-order valence-corrected chi connectivity index (χ2v) is 1.66. The van der Waals surface area contributed by atoms with Crippen molar-refractivity contribution in [2.45, 2.75) is 0 Å². The van der Waals surface area contributed by atoms with Crippen LogP contribution in [0.25, 0.3) is 0 Å². The van der Waals surface area contributed by atoms with Crippen LogP contribution in [0.1, 0.15) is 10.5 Å². The number of carboxylic acid groups (broad SMARTS) is 1. The summed E-state index contributed by atoms with van der Waals surface area (Å²) in [5, 5.41) is 14.4. The van der Waals surface area contributed by atoms with Gasteiger partial charge in [-0.05, 0) is 0 Å². The Labute approximate surface area is 55.1 Å². The molecule has 0 saturated carbocycles. The molecule has 0 bridgehead atoms. The van der Waals surface area contributed by atoms with Crippen LogP contribution >= 0.6 is 0 Å². The summed E-state index contributed by atoms with van der Waals surface area (Å²) in [5.74, 6) is -2.35. The molecule has 0 aromatic carbocycles. The predicted octanol–water partition coefficient (Wildman–Crippen LogP) is -0.348. The quantitative estimate of drug-likeness (QED) is 0.586. The normalized spacial score (nSPS) is 9.80. The van der Waals surface area contributed by atoms with Crippen molar-refractivity contribution in [3.8, 4) is 0 Å². The van der Waals surface area contributed by atoms with Crippen molar-refractivity contribution >= 4 is 5.97 Å². The van der Waals surface area contributed by atoms with Crippen molar-refractivity contribution in [3.63, 3.8) is 0 Å². The molecule has 0 aliphatic carbocycles. The molecule has 1 heterocycles. The molecule has 0 radical (unpaired) electrons. The van der Waals surface area contributed by atoms with Crippen LogP contribution in [-0.4, -0.2) is 26.1 Å². The highest BCUT2D eigenvalue weighted by atomic mass is 19.1. The van der Waals surface area contributed by atoms with Crippen LogP contribution < -0.4 is 0 Å². The highest BCUT2D eigenvalue weighted by Crippen LogP contribution is 1.99. The molecule has 0 unspecified atom stereocenters. The number of carbonyl (C=O) groups is 1. The number of hydrogen-bond donors (Lipinski definition) is 1. The van der Waals surface area contributed by atoms with E-state index < -0.39 is 17.6 Å². The lowest BCUT2D eigenvalue weighted by Crippen LogP contribution is -2.01. The minimum absolute atomic E-state index is 0.650. The number of aromatic carboxylic acids is 1. The van der Waals surface area contributed by atoms with Crippen LogP contribution in [0.4, 0.5) is 4.39 Å². The molecule has 0 atom stereocenters. The highest BCUT2D eigenvalue weighted by Gasteiger charge is 2.16. The Morgan fingerprint density at radius 2 is 2.40 bits per heavy atom. The summed E-state index contributed by atoms with van der Waals surface area (Å²) in [7, 11) is 1.27. The lowest BCUT2D eigenvalue weighted by atomic mass is 10.5. The maximum absolute atomic E-state index is 12.5. The predicted molar refractivity (Wildman–Crippen MR) is 27.9 cm³/mol. The van der Waals surface area contributed by atoms with E-state index in [1.807, 2.05) is 0 Å². The van der Waals surface area contributed by atoms with Gasteiger partial charge in [0.05, 0.1) is 0 Å². The van der Waals surface area contributed by atoms with Crippen molar-refractivity contribution in [2.75, 3.05) is 0 Å². The molecule has 1 rings (SSSR count). The number of hydrogen-bond acceptors (Lipinski definition) is 3. The summed E-state index contributed by atoms with van der Waals surface area (Å²) < 4.78 is 13.2. The average molecular weight is 145 g/mol. The smallest absolute Gasteiger partial charge is 0.361 e. The van der Waals surface area contributed by atoms with E-state index in [4.69, 9.17) is 5.11 Å². The van der Waals surface area contributed by atoms with E-state index in [1.165, 1.54) is 7.05 Å². The standard InChI is InChI=1S/C4H4FN3O2/c1-8-3(5)2(4(9)10)6-7-8/h1H3,(H,9,10). The zero-order valence-electron chi connectivity index (χ0n) is 5.08. The molecule has 0 spiro atoms. The SMILES string of the molecule is Cn1nnc(C(=O)O)c1F. The molecule has 0 aliphatic heterocycles. The molecule has 0 aliphatic rings. The van der Waals surface area contributed by atoms with Gasteiger partial charge < -0.3 is 5.11 Å². The molecule has 1 aromatic rings. The molecular weight excluding hydrogens is 141 g/mol. The van der Waals surface area contributed by atoms with Crippen molar-refractivity contribution in [1.82, 2.24) is 15.0 Å². The molecule has 10 heavy (non-hydrogen) atoms. The van der Waals surface area contributed by atoms with Crippen molar-refractivity contribution in [3.05, 3.63) is 11.6 Å². The van der Waals surface area contributed by atoms with E-state index in [-0.39, 0.29) is 0 Å². The highest BCUT2D eigenvalue weighted by molar-refractivity contribution is 5.84. The van der Waals surface area contributed by atoms with Crippen LogP contribution in [0.2, 0.25) is 0 Å². The second kappa shape index (κ2) is 2.05. The maximum atomic E-state index is 12.5. The molecule has 5 nitrogen and oxygen atoms in total. The number of aryl methyl sites for hydroxylation is 1. The zero-order chi connectivity index (χ0) is 7.72. The van der Waals surface area contributed by atoms with Gasteiger partial charge in [0.1, 0.15) is 0 Å². The number of rotatable bonds is 1. The van der Waals surface area contributed by atoms with Gasteiger partial charge in [0.2, 0.25) is 11.6 Å². The van der Waals surface area contributed by atoms with Crippen molar-refractivity contribution in [2.24, 2.45) is 7.05 Å². The Kier molecular flexibility index (Phi) is 1.37. The fourth-order valence-electron chi connectivity index (χ4n) is 0.477. The van der Waals surface area contributed by atoms with Gasteiger partial charge in [-0.2, -0.15) is 4.39 Å². The molecule has 6 heteroatoms. The molecule has 1 N–H and O–H groups in total. The largest absolute Gasteiger partial charge is 0.476 e. The van der Waals surface area contributed by atoms with Gasteiger partial charge in [-0.1, -0.05) is 5.21 Å². The number of nitrogens with zero attached hydrogens (tertiary/aromatic N) is 3. The van der Waals surface area contributed by atoms with Crippen LogP contribution in [0.5, 0.6) is 0 Å². The maximum Gasteiger partial charge on any atom is 0.361 e. The van der Waals surface area contributed by atoms with E-state index in [0.717, 1.165) is 4.68 Å². The first kappa shape index (κ1) is 6.66. The molecule has 0 fully saturated rings. The van der Waals surface area contributed by atoms with E-state index in [2.05, 4.69) is 10.3 Å². The summed E-state index contributed by atoms with van der Waals surface area (Å²) >= 11 is 0. The van der Waals surface area contributed by atoms with E-state index in [9.17, 15) is 9.18 Å². The first-order valence-corrected chi connectivity index (χ1v) is 2.41. The minimum Gasteiger partial charge on any atom is -0.476 e. The van der Waals surface area contributed by atoms with Gasteiger partial charge >= 0.3 is 5.97 Å². The summed E-state index contributed by atoms with van der Waals surface area (Å²) in [4.78, 5) is 10.1. The molecule has 0 amide bonds.